The Labute approximate surface area is 130 Å². The van der Waals surface area contributed by atoms with E-state index >= 15 is 0 Å². The van der Waals surface area contributed by atoms with Crippen LogP contribution in [-0.2, 0) is 0 Å². The number of hydrogen-bond acceptors (Lipinski definition) is 0. The largest absolute Gasteiger partial charge is 0.114 e. The van der Waals surface area contributed by atoms with Crippen molar-refractivity contribution >= 4 is 7.28 Å². The molecular weight excluding hydrogens is 239 g/mol. The Hall–Kier alpha value is 0.0649. The van der Waals surface area contributed by atoms with E-state index in [2.05, 4.69) is 41.9 Å². The van der Waals surface area contributed by atoms with Crippen LogP contribution >= 0.6 is 0 Å². The molecule has 0 saturated heterocycles. The molecule has 0 N–H and O–H groups in total. The van der Waals surface area contributed by atoms with Gasteiger partial charge < -0.3 is 0 Å². The standard InChI is InChI=1S/C19H40B/c1-6-8-9-10-11-12-13-14-15-16-20-19(17(3)4)18(5)7-2/h17-19H,6-16H2,1-5H3. The monoisotopic (exact) mass is 279 g/mol. The van der Waals surface area contributed by atoms with Crippen molar-refractivity contribution in [2.75, 3.05) is 0 Å². The van der Waals surface area contributed by atoms with Gasteiger partial charge in [0.05, 0.1) is 0 Å². The molecule has 119 valence electrons. The Kier molecular flexibility index (Phi) is 14.1. The van der Waals surface area contributed by atoms with Crippen molar-refractivity contribution in [3.63, 3.8) is 0 Å². The van der Waals surface area contributed by atoms with E-state index in [0.29, 0.717) is 0 Å². The quantitative estimate of drug-likeness (QED) is 0.234. The molecule has 0 rings (SSSR count). The fourth-order valence-electron chi connectivity index (χ4n) is 3.20. The van der Waals surface area contributed by atoms with Gasteiger partial charge in [0.25, 0.3) is 0 Å². The molecule has 2 atom stereocenters. The van der Waals surface area contributed by atoms with Crippen molar-refractivity contribution in [1.82, 2.24) is 0 Å². The Morgan fingerprint density at radius 3 is 1.65 bits per heavy atom. The minimum atomic E-state index is 0.809. The first-order valence-electron chi connectivity index (χ1n) is 9.46. The van der Waals surface area contributed by atoms with E-state index in [1.54, 1.807) is 0 Å². The van der Waals surface area contributed by atoms with Crippen LogP contribution in [0.15, 0.2) is 0 Å². The van der Waals surface area contributed by atoms with Crippen molar-refractivity contribution in [1.29, 1.82) is 0 Å². The molecule has 0 heterocycles. The smallest absolute Gasteiger partial charge is 0.0799 e. The average molecular weight is 279 g/mol. The van der Waals surface area contributed by atoms with Crippen molar-refractivity contribution in [2.45, 2.75) is 111 Å². The number of unbranched alkanes of at least 4 members (excludes halogenated alkanes) is 8. The molecular formula is C19H40B. The fourth-order valence-corrected chi connectivity index (χ4v) is 3.20. The second-order valence-electron chi connectivity index (χ2n) is 7.06. The zero-order chi connectivity index (χ0) is 15.2. The molecule has 0 saturated carbocycles. The van der Waals surface area contributed by atoms with Gasteiger partial charge in [-0.3, -0.25) is 0 Å². The molecule has 0 bridgehead atoms. The van der Waals surface area contributed by atoms with Crippen LogP contribution in [0.4, 0.5) is 0 Å². The van der Waals surface area contributed by atoms with Crippen LogP contribution in [0, 0.1) is 11.8 Å². The first-order valence-corrected chi connectivity index (χ1v) is 9.46. The van der Waals surface area contributed by atoms with Gasteiger partial charge in [-0.25, -0.2) is 0 Å². The highest BCUT2D eigenvalue weighted by atomic mass is 14.2. The molecule has 0 spiro atoms. The summed E-state index contributed by atoms with van der Waals surface area (Å²) >= 11 is 0. The van der Waals surface area contributed by atoms with Gasteiger partial charge in [-0.15, -0.1) is 0 Å². The lowest BCUT2D eigenvalue weighted by molar-refractivity contribution is 0.423. The summed E-state index contributed by atoms with van der Waals surface area (Å²) in [5, 5.41) is 0. The van der Waals surface area contributed by atoms with Gasteiger partial charge in [0.2, 0.25) is 0 Å². The number of hydrogen-bond donors (Lipinski definition) is 0. The van der Waals surface area contributed by atoms with Gasteiger partial charge in [0.15, 0.2) is 0 Å². The molecule has 0 aliphatic heterocycles. The highest BCUT2D eigenvalue weighted by molar-refractivity contribution is 6.37. The summed E-state index contributed by atoms with van der Waals surface area (Å²) in [5.74, 6) is 2.49. The molecule has 0 aromatic carbocycles. The first-order chi connectivity index (χ1) is 9.63. The Morgan fingerprint density at radius 1 is 0.700 bits per heavy atom. The summed E-state index contributed by atoms with van der Waals surface area (Å²) in [5.41, 5.74) is 0. The Morgan fingerprint density at radius 2 is 1.20 bits per heavy atom. The van der Waals surface area contributed by atoms with E-state index in [-0.39, 0.29) is 0 Å². The lowest BCUT2D eigenvalue weighted by Gasteiger charge is -2.26. The maximum atomic E-state index is 2.63. The van der Waals surface area contributed by atoms with Crippen molar-refractivity contribution in [2.24, 2.45) is 11.8 Å². The van der Waals surface area contributed by atoms with Gasteiger partial charge in [0, 0.05) is 0 Å². The topological polar surface area (TPSA) is 0 Å². The van der Waals surface area contributed by atoms with Crippen molar-refractivity contribution in [3.8, 4) is 0 Å². The van der Waals surface area contributed by atoms with Gasteiger partial charge >= 0.3 is 0 Å². The minimum absolute atomic E-state index is 0.809. The lowest BCUT2D eigenvalue weighted by Crippen LogP contribution is -2.17. The van der Waals surface area contributed by atoms with Crippen LogP contribution in [0.25, 0.3) is 0 Å². The molecule has 0 aliphatic rings. The molecule has 0 nitrogen and oxygen atoms in total. The van der Waals surface area contributed by atoms with Crippen LogP contribution in [0.5, 0.6) is 0 Å². The summed E-state index contributed by atoms with van der Waals surface area (Å²) in [6, 6.07) is 0. The summed E-state index contributed by atoms with van der Waals surface area (Å²) in [6.07, 6.45) is 15.6. The second kappa shape index (κ2) is 14.0. The second-order valence-corrected chi connectivity index (χ2v) is 7.06. The fraction of sp³-hybridized carbons (Fsp3) is 1.00. The third-order valence-electron chi connectivity index (χ3n) is 4.82. The Balaban J connectivity index is 3.41. The SMILES string of the molecule is CCCCCCCCCCC[B]C(C(C)C)C(C)CC. The third kappa shape index (κ3) is 10.8. The average Bonchev–Trinajstić information content (AvgIpc) is 2.43. The summed E-state index contributed by atoms with van der Waals surface area (Å²) in [4.78, 5) is 0. The molecule has 0 aliphatic carbocycles. The van der Waals surface area contributed by atoms with Crippen molar-refractivity contribution < 1.29 is 0 Å². The predicted octanol–water partition coefficient (Wildman–Crippen LogP) is 7.13. The zero-order valence-corrected chi connectivity index (χ0v) is 15.1. The molecule has 2 unspecified atom stereocenters. The third-order valence-corrected chi connectivity index (χ3v) is 4.82. The van der Waals surface area contributed by atoms with Crippen LogP contribution in [0.2, 0.25) is 12.1 Å². The highest BCUT2D eigenvalue weighted by Crippen LogP contribution is 2.29. The Bertz CT molecular complexity index is 188. The summed E-state index contributed by atoms with van der Waals surface area (Å²) < 4.78 is 0. The maximum Gasteiger partial charge on any atom is 0.114 e. The zero-order valence-electron chi connectivity index (χ0n) is 15.1. The van der Waals surface area contributed by atoms with Gasteiger partial charge in [-0.2, -0.15) is 0 Å². The van der Waals surface area contributed by atoms with Crippen LogP contribution in [0.1, 0.15) is 98.8 Å². The predicted molar refractivity (Wildman–Crippen MR) is 95.8 cm³/mol. The summed E-state index contributed by atoms with van der Waals surface area (Å²) in [7, 11) is 2.63. The van der Waals surface area contributed by atoms with E-state index in [4.69, 9.17) is 0 Å². The van der Waals surface area contributed by atoms with E-state index < -0.39 is 0 Å². The molecule has 0 aromatic rings. The molecule has 0 fully saturated rings. The van der Waals surface area contributed by atoms with E-state index in [1.807, 2.05) is 0 Å². The maximum absolute atomic E-state index is 2.63. The van der Waals surface area contributed by atoms with Gasteiger partial charge in [0.1, 0.15) is 7.28 Å². The first kappa shape index (κ1) is 20.1. The van der Waals surface area contributed by atoms with Gasteiger partial charge in [-0.05, 0) is 5.92 Å². The van der Waals surface area contributed by atoms with Crippen LogP contribution in [0.3, 0.4) is 0 Å². The summed E-state index contributed by atoms with van der Waals surface area (Å²) in [6.45, 7) is 11.8. The van der Waals surface area contributed by atoms with E-state index in [9.17, 15) is 0 Å². The molecule has 20 heavy (non-hydrogen) atoms. The molecule has 1 radical (unpaired) electrons. The molecule has 1 heteroatoms. The van der Waals surface area contributed by atoms with Crippen LogP contribution < -0.4 is 0 Å². The number of rotatable bonds is 14. The van der Waals surface area contributed by atoms with E-state index in [1.165, 1.54) is 70.5 Å². The minimum Gasteiger partial charge on any atom is -0.0799 e. The van der Waals surface area contributed by atoms with Crippen molar-refractivity contribution in [3.05, 3.63) is 0 Å². The normalized spacial score (nSPS) is 14.5. The van der Waals surface area contributed by atoms with Crippen LogP contribution in [-0.4, -0.2) is 7.28 Å². The van der Waals surface area contributed by atoms with Gasteiger partial charge in [-0.1, -0.05) is 117 Å². The molecule has 0 aromatic heterocycles. The highest BCUT2D eigenvalue weighted by Gasteiger charge is 2.19. The molecule has 0 amide bonds. The van der Waals surface area contributed by atoms with E-state index in [0.717, 1.165) is 17.7 Å². The lowest BCUT2D eigenvalue weighted by atomic mass is 9.52.